The molecule has 0 unspecified atom stereocenters. The lowest BCUT2D eigenvalue weighted by Gasteiger charge is -2.14. The van der Waals surface area contributed by atoms with Crippen LogP contribution in [0.3, 0.4) is 0 Å². The van der Waals surface area contributed by atoms with E-state index in [1.807, 2.05) is 43.5 Å². The van der Waals surface area contributed by atoms with Gasteiger partial charge in [0, 0.05) is 30.5 Å². The minimum atomic E-state index is -0.145. The Bertz CT molecular complexity index is 862. The van der Waals surface area contributed by atoms with Crippen molar-refractivity contribution in [2.45, 2.75) is 26.2 Å². The number of benzene rings is 1. The van der Waals surface area contributed by atoms with Crippen LogP contribution in [0.2, 0.25) is 0 Å². The summed E-state index contributed by atoms with van der Waals surface area (Å²) in [7, 11) is 0. The van der Waals surface area contributed by atoms with E-state index in [2.05, 4.69) is 34.3 Å². The number of hydrogen-bond acceptors (Lipinski definition) is 3. The number of carbonyl (C=O) groups excluding carboxylic acids is 1. The lowest BCUT2D eigenvalue weighted by atomic mass is 9.94. The second kappa shape index (κ2) is 7.71. The van der Waals surface area contributed by atoms with Crippen LogP contribution in [0.1, 0.15) is 39.9 Å². The summed E-state index contributed by atoms with van der Waals surface area (Å²) in [5.74, 6) is 0.190. The van der Waals surface area contributed by atoms with Gasteiger partial charge in [0.25, 0.3) is 5.91 Å². The van der Waals surface area contributed by atoms with E-state index in [-0.39, 0.29) is 5.91 Å². The number of anilines is 1. The fourth-order valence-electron chi connectivity index (χ4n) is 2.80. The maximum Gasteiger partial charge on any atom is 0.257 e. The molecule has 2 aromatic heterocycles. The maximum absolute atomic E-state index is 12.4. The van der Waals surface area contributed by atoms with Crippen molar-refractivity contribution in [1.29, 1.82) is 0 Å². The molecule has 2 heterocycles. The summed E-state index contributed by atoms with van der Waals surface area (Å²) in [6, 6.07) is 13.9. The molecule has 0 aliphatic heterocycles. The molecule has 4 heteroatoms. The van der Waals surface area contributed by atoms with Gasteiger partial charge in [0.2, 0.25) is 0 Å². The van der Waals surface area contributed by atoms with Gasteiger partial charge in [0.1, 0.15) is 0 Å². The lowest BCUT2D eigenvalue weighted by molar-refractivity contribution is 0.102. The minimum absolute atomic E-state index is 0.145. The van der Waals surface area contributed by atoms with E-state index >= 15 is 0 Å². The van der Waals surface area contributed by atoms with E-state index in [9.17, 15) is 4.79 Å². The van der Waals surface area contributed by atoms with Gasteiger partial charge in [-0.2, -0.15) is 0 Å². The Morgan fingerprint density at radius 2 is 1.96 bits per heavy atom. The van der Waals surface area contributed by atoms with E-state index < -0.39 is 0 Å². The first-order chi connectivity index (χ1) is 12.1. The summed E-state index contributed by atoms with van der Waals surface area (Å²) in [5.41, 5.74) is 4.71. The van der Waals surface area contributed by atoms with Crippen LogP contribution in [0.5, 0.6) is 0 Å². The number of nitrogens with one attached hydrogen (secondary N) is 1. The Kier molecular flexibility index (Phi) is 5.19. The van der Waals surface area contributed by atoms with E-state index in [4.69, 9.17) is 0 Å². The first-order valence-electron chi connectivity index (χ1n) is 8.33. The smallest absolute Gasteiger partial charge is 0.257 e. The van der Waals surface area contributed by atoms with Crippen LogP contribution in [0.15, 0.2) is 67.3 Å². The van der Waals surface area contributed by atoms with Gasteiger partial charge in [0.15, 0.2) is 0 Å². The summed E-state index contributed by atoms with van der Waals surface area (Å²) in [5, 5.41) is 2.95. The zero-order chi connectivity index (χ0) is 17.6. The van der Waals surface area contributed by atoms with E-state index in [0.717, 1.165) is 17.7 Å². The SMILES string of the molecule is Cc1cncc(C(=O)Nc2cccc([C@H](C)Cc3cccnc3)c2)c1. The molecule has 1 aromatic carbocycles. The van der Waals surface area contributed by atoms with Crippen molar-refractivity contribution in [2.75, 3.05) is 5.32 Å². The van der Waals surface area contributed by atoms with Gasteiger partial charge in [-0.15, -0.1) is 0 Å². The number of aryl methyl sites for hydroxylation is 1. The molecule has 0 saturated carbocycles. The van der Waals surface area contributed by atoms with Crippen LogP contribution < -0.4 is 5.32 Å². The van der Waals surface area contributed by atoms with Crippen LogP contribution in [0.4, 0.5) is 5.69 Å². The standard InChI is InChI=1S/C21H21N3O/c1-15-9-19(14-23-12-15)21(25)24-20-7-3-6-18(11-20)16(2)10-17-5-4-8-22-13-17/h3-9,11-14,16H,10H2,1-2H3,(H,24,25)/t16-/m1/s1. The van der Waals surface area contributed by atoms with Crippen molar-refractivity contribution in [3.8, 4) is 0 Å². The summed E-state index contributed by atoms with van der Waals surface area (Å²) < 4.78 is 0. The number of rotatable bonds is 5. The van der Waals surface area contributed by atoms with Gasteiger partial charge < -0.3 is 5.32 Å². The second-order valence-electron chi connectivity index (χ2n) is 6.30. The Morgan fingerprint density at radius 1 is 1.08 bits per heavy atom. The Hall–Kier alpha value is -3.01. The Balaban J connectivity index is 1.72. The van der Waals surface area contributed by atoms with Gasteiger partial charge in [-0.25, -0.2) is 0 Å². The molecule has 1 amide bonds. The van der Waals surface area contributed by atoms with E-state index in [1.54, 1.807) is 18.6 Å². The summed E-state index contributed by atoms with van der Waals surface area (Å²) in [4.78, 5) is 20.6. The van der Waals surface area contributed by atoms with Crippen molar-refractivity contribution in [3.63, 3.8) is 0 Å². The molecule has 0 aliphatic carbocycles. The zero-order valence-corrected chi connectivity index (χ0v) is 14.4. The predicted octanol–water partition coefficient (Wildman–Crippen LogP) is 4.38. The predicted molar refractivity (Wildman–Crippen MR) is 99.7 cm³/mol. The first-order valence-corrected chi connectivity index (χ1v) is 8.33. The van der Waals surface area contributed by atoms with E-state index in [0.29, 0.717) is 11.5 Å². The quantitative estimate of drug-likeness (QED) is 0.754. The molecule has 0 radical (unpaired) electrons. The number of amides is 1. The largest absolute Gasteiger partial charge is 0.322 e. The maximum atomic E-state index is 12.4. The summed E-state index contributed by atoms with van der Waals surface area (Å²) in [6.45, 7) is 4.10. The van der Waals surface area contributed by atoms with Crippen molar-refractivity contribution < 1.29 is 4.79 Å². The highest BCUT2D eigenvalue weighted by Gasteiger charge is 2.10. The van der Waals surface area contributed by atoms with Gasteiger partial charge >= 0.3 is 0 Å². The molecule has 3 aromatic rings. The number of carbonyl (C=O) groups is 1. The van der Waals surface area contributed by atoms with E-state index in [1.165, 1.54) is 11.1 Å². The average molecular weight is 331 g/mol. The molecular weight excluding hydrogens is 310 g/mol. The van der Waals surface area contributed by atoms with Crippen LogP contribution >= 0.6 is 0 Å². The molecule has 1 N–H and O–H groups in total. The summed E-state index contributed by atoms with van der Waals surface area (Å²) >= 11 is 0. The highest BCUT2D eigenvalue weighted by Crippen LogP contribution is 2.23. The molecule has 0 aliphatic rings. The number of nitrogens with zero attached hydrogens (tertiary/aromatic N) is 2. The third kappa shape index (κ3) is 4.51. The van der Waals surface area contributed by atoms with Gasteiger partial charge in [-0.05, 0) is 60.2 Å². The normalized spacial score (nSPS) is 11.8. The first kappa shape index (κ1) is 16.8. The molecule has 4 nitrogen and oxygen atoms in total. The molecular formula is C21H21N3O. The zero-order valence-electron chi connectivity index (χ0n) is 14.4. The van der Waals surface area contributed by atoms with Crippen molar-refractivity contribution in [3.05, 3.63) is 89.5 Å². The van der Waals surface area contributed by atoms with Crippen molar-refractivity contribution in [1.82, 2.24) is 9.97 Å². The number of hydrogen-bond donors (Lipinski definition) is 1. The average Bonchev–Trinajstić information content (AvgIpc) is 2.63. The third-order valence-electron chi connectivity index (χ3n) is 4.12. The highest BCUT2D eigenvalue weighted by atomic mass is 16.1. The molecule has 126 valence electrons. The summed E-state index contributed by atoms with van der Waals surface area (Å²) in [6.07, 6.45) is 7.90. The molecule has 3 rings (SSSR count). The van der Waals surface area contributed by atoms with Gasteiger partial charge in [0.05, 0.1) is 5.56 Å². The Morgan fingerprint density at radius 3 is 2.72 bits per heavy atom. The lowest BCUT2D eigenvalue weighted by Crippen LogP contribution is -2.12. The number of aromatic nitrogens is 2. The monoisotopic (exact) mass is 331 g/mol. The molecule has 25 heavy (non-hydrogen) atoms. The van der Waals surface area contributed by atoms with Crippen LogP contribution in [0, 0.1) is 6.92 Å². The fraction of sp³-hybridized carbons (Fsp3) is 0.190. The molecule has 0 bridgehead atoms. The molecule has 1 atom stereocenters. The van der Waals surface area contributed by atoms with Crippen molar-refractivity contribution in [2.24, 2.45) is 0 Å². The number of pyridine rings is 2. The minimum Gasteiger partial charge on any atom is -0.322 e. The van der Waals surface area contributed by atoms with Crippen LogP contribution in [-0.2, 0) is 6.42 Å². The Labute approximate surface area is 148 Å². The molecule has 0 fully saturated rings. The molecule has 0 spiro atoms. The molecule has 0 saturated heterocycles. The second-order valence-corrected chi connectivity index (χ2v) is 6.30. The van der Waals surface area contributed by atoms with Crippen molar-refractivity contribution >= 4 is 11.6 Å². The highest BCUT2D eigenvalue weighted by molar-refractivity contribution is 6.04. The van der Waals surface area contributed by atoms with Gasteiger partial charge in [-0.3, -0.25) is 14.8 Å². The topological polar surface area (TPSA) is 54.9 Å². The van der Waals surface area contributed by atoms with Crippen LogP contribution in [0.25, 0.3) is 0 Å². The van der Waals surface area contributed by atoms with Gasteiger partial charge in [-0.1, -0.05) is 25.1 Å². The third-order valence-corrected chi connectivity index (χ3v) is 4.12. The fourth-order valence-corrected chi connectivity index (χ4v) is 2.80. The van der Waals surface area contributed by atoms with Crippen LogP contribution in [-0.4, -0.2) is 15.9 Å².